The fraction of sp³-hybridized carbons (Fsp3) is 0.0833. The van der Waals surface area contributed by atoms with Gasteiger partial charge < -0.3 is 0 Å². The number of rotatable bonds is 2. The van der Waals surface area contributed by atoms with Gasteiger partial charge in [-0.2, -0.15) is 18.3 Å². The Bertz CT molecular complexity index is 1420. The number of aromatic nitrogens is 3. The molecular weight excluding hydrogens is 423 g/mol. The van der Waals surface area contributed by atoms with Gasteiger partial charge in [-0.1, -0.05) is 47.5 Å². The summed E-state index contributed by atoms with van der Waals surface area (Å²) in [5.74, 6) is 0. The molecule has 5 aromatic rings. The summed E-state index contributed by atoms with van der Waals surface area (Å²) in [6, 6.07) is 18.7. The van der Waals surface area contributed by atoms with Crippen LogP contribution in [0.15, 0.2) is 72.9 Å². The topological polar surface area (TPSA) is 30.7 Å². The molecule has 5 rings (SSSR count). The molecule has 0 aliphatic rings. The minimum atomic E-state index is -4.44. The highest BCUT2D eigenvalue weighted by molar-refractivity contribution is 6.30. The summed E-state index contributed by atoms with van der Waals surface area (Å²) in [5.41, 5.74) is 3.69. The van der Waals surface area contributed by atoms with Crippen LogP contribution in [0.5, 0.6) is 0 Å². The Hall–Kier alpha value is -3.38. The van der Waals surface area contributed by atoms with E-state index in [1.54, 1.807) is 23.0 Å². The smallest absolute Gasteiger partial charge is 0.255 e. The van der Waals surface area contributed by atoms with Crippen LogP contribution in [-0.4, -0.2) is 14.8 Å². The van der Waals surface area contributed by atoms with Crippen molar-refractivity contribution in [2.45, 2.75) is 13.1 Å². The van der Waals surface area contributed by atoms with Gasteiger partial charge >= 0.3 is 6.18 Å². The van der Waals surface area contributed by atoms with E-state index in [0.29, 0.717) is 21.6 Å². The van der Waals surface area contributed by atoms with Crippen LogP contribution in [0.2, 0.25) is 5.02 Å². The van der Waals surface area contributed by atoms with Gasteiger partial charge in [0, 0.05) is 27.6 Å². The van der Waals surface area contributed by atoms with E-state index in [1.165, 1.54) is 6.07 Å². The molecule has 0 bridgehead atoms. The lowest BCUT2D eigenvalue weighted by atomic mass is 10.0. The van der Waals surface area contributed by atoms with E-state index in [-0.39, 0.29) is 5.52 Å². The van der Waals surface area contributed by atoms with Crippen LogP contribution < -0.4 is 0 Å². The first-order valence-corrected chi connectivity index (χ1v) is 9.91. The summed E-state index contributed by atoms with van der Waals surface area (Å²) >= 11 is 6.04. The van der Waals surface area contributed by atoms with Gasteiger partial charge in [0.2, 0.25) is 0 Å². The summed E-state index contributed by atoms with van der Waals surface area (Å²) in [6.07, 6.45) is -2.85. The molecule has 0 radical (unpaired) electrons. The van der Waals surface area contributed by atoms with Gasteiger partial charge in [-0.15, -0.1) is 0 Å². The number of benzene rings is 3. The average molecular weight is 438 g/mol. The maximum absolute atomic E-state index is 13.2. The highest BCUT2D eigenvalue weighted by atomic mass is 35.5. The number of pyridine rings is 1. The predicted molar refractivity (Wildman–Crippen MR) is 117 cm³/mol. The minimum absolute atomic E-state index is 0.257. The van der Waals surface area contributed by atoms with Crippen molar-refractivity contribution >= 4 is 33.4 Å². The van der Waals surface area contributed by atoms with Gasteiger partial charge in [0.25, 0.3) is 0 Å². The largest absolute Gasteiger partial charge is 0.416 e. The van der Waals surface area contributed by atoms with Crippen LogP contribution in [0, 0.1) is 6.92 Å². The zero-order valence-corrected chi connectivity index (χ0v) is 17.0. The third-order valence-electron chi connectivity index (χ3n) is 5.23. The van der Waals surface area contributed by atoms with Gasteiger partial charge in [0.1, 0.15) is 5.69 Å². The molecule has 0 N–H and O–H groups in total. The van der Waals surface area contributed by atoms with Crippen molar-refractivity contribution < 1.29 is 13.2 Å². The summed E-state index contributed by atoms with van der Waals surface area (Å²) in [7, 11) is 0. The lowest BCUT2D eigenvalue weighted by Crippen LogP contribution is -2.04. The fourth-order valence-electron chi connectivity index (χ4n) is 3.65. The number of aryl methyl sites for hydroxylation is 1. The van der Waals surface area contributed by atoms with Crippen LogP contribution in [0.3, 0.4) is 0 Å². The molecule has 154 valence electrons. The van der Waals surface area contributed by atoms with Crippen molar-refractivity contribution in [2.24, 2.45) is 0 Å². The predicted octanol–water partition coefficient (Wildman–Crippen LogP) is 7.22. The summed E-state index contributed by atoms with van der Waals surface area (Å²) in [4.78, 5) is 4.33. The molecule has 0 saturated heterocycles. The first kappa shape index (κ1) is 19.6. The van der Waals surface area contributed by atoms with E-state index < -0.39 is 11.7 Å². The fourth-order valence-corrected chi connectivity index (χ4v) is 3.78. The maximum atomic E-state index is 13.2. The lowest BCUT2D eigenvalue weighted by molar-refractivity contribution is -0.137. The molecule has 0 amide bonds. The number of fused-ring (bicyclic) bond motifs is 3. The minimum Gasteiger partial charge on any atom is -0.255 e. The van der Waals surface area contributed by atoms with Gasteiger partial charge in [-0.3, -0.25) is 4.98 Å². The Morgan fingerprint density at radius 3 is 2.26 bits per heavy atom. The maximum Gasteiger partial charge on any atom is 0.416 e. The monoisotopic (exact) mass is 437 g/mol. The zero-order chi connectivity index (χ0) is 21.8. The van der Waals surface area contributed by atoms with E-state index in [0.717, 1.165) is 34.3 Å². The first-order chi connectivity index (χ1) is 14.8. The van der Waals surface area contributed by atoms with Crippen molar-refractivity contribution in [3.63, 3.8) is 0 Å². The zero-order valence-electron chi connectivity index (χ0n) is 16.3. The Balaban J connectivity index is 1.84. The molecule has 31 heavy (non-hydrogen) atoms. The third-order valence-corrected chi connectivity index (χ3v) is 5.48. The summed E-state index contributed by atoms with van der Waals surface area (Å²) < 4.78 is 41.4. The standard InChI is InChI=1S/C24H15ClF3N3/c1-14-2-4-15(5-3-14)22-20-13-29-21-12-16(24(26,27)28)6-11-19(21)23(20)31(30-22)18-9-7-17(25)8-10-18/h2-13H,1H3. The van der Waals surface area contributed by atoms with E-state index >= 15 is 0 Å². The molecular formula is C24H15ClF3N3. The molecule has 0 saturated carbocycles. The van der Waals surface area contributed by atoms with Crippen molar-refractivity contribution in [3.8, 4) is 16.9 Å². The Morgan fingerprint density at radius 2 is 1.58 bits per heavy atom. The summed E-state index contributed by atoms with van der Waals surface area (Å²) in [6.45, 7) is 2.00. The molecule has 0 aliphatic heterocycles. The number of alkyl halides is 3. The van der Waals surface area contributed by atoms with Gasteiger partial charge in [0.05, 0.1) is 22.3 Å². The molecule has 0 atom stereocenters. The van der Waals surface area contributed by atoms with Crippen LogP contribution in [0.25, 0.3) is 38.8 Å². The molecule has 0 spiro atoms. The molecule has 0 unspecified atom stereocenters. The highest BCUT2D eigenvalue weighted by Gasteiger charge is 2.31. The second kappa shape index (κ2) is 7.10. The van der Waals surface area contributed by atoms with Gasteiger partial charge in [-0.05, 0) is 43.3 Å². The first-order valence-electron chi connectivity index (χ1n) is 9.53. The number of halogens is 4. The van der Waals surface area contributed by atoms with Gasteiger partial charge in [0.15, 0.2) is 0 Å². The second-order valence-corrected chi connectivity index (χ2v) is 7.79. The molecule has 2 heterocycles. The Labute approximate surface area is 180 Å². The van der Waals surface area contributed by atoms with Crippen molar-refractivity contribution in [1.29, 1.82) is 0 Å². The quantitative estimate of drug-likeness (QED) is 0.292. The molecule has 3 aromatic carbocycles. The summed E-state index contributed by atoms with van der Waals surface area (Å²) in [5, 5.41) is 6.75. The number of hydrogen-bond acceptors (Lipinski definition) is 2. The third kappa shape index (κ3) is 3.43. The Kier molecular flexibility index (Phi) is 4.48. The van der Waals surface area contributed by atoms with E-state index in [1.807, 2.05) is 43.3 Å². The normalized spacial score (nSPS) is 12.0. The second-order valence-electron chi connectivity index (χ2n) is 7.35. The average Bonchev–Trinajstić information content (AvgIpc) is 3.14. The van der Waals surface area contributed by atoms with E-state index in [9.17, 15) is 13.2 Å². The van der Waals surface area contributed by atoms with Gasteiger partial charge in [-0.25, -0.2) is 4.68 Å². The Morgan fingerprint density at radius 1 is 0.871 bits per heavy atom. The number of nitrogens with zero attached hydrogens (tertiary/aromatic N) is 3. The van der Waals surface area contributed by atoms with Crippen molar-refractivity contribution in [1.82, 2.24) is 14.8 Å². The molecule has 7 heteroatoms. The SMILES string of the molecule is Cc1ccc(-c2nn(-c3ccc(Cl)cc3)c3c2cnc2cc(C(F)(F)F)ccc23)cc1. The van der Waals surface area contributed by atoms with Crippen LogP contribution >= 0.6 is 11.6 Å². The molecule has 3 nitrogen and oxygen atoms in total. The molecule has 2 aromatic heterocycles. The van der Waals surface area contributed by atoms with Crippen LogP contribution in [-0.2, 0) is 6.18 Å². The number of hydrogen-bond donors (Lipinski definition) is 0. The molecule has 0 aliphatic carbocycles. The van der Waals surface area contributed by atoms with Crippen LogP contribution in [0.1, 0.15) is 11.1 Å². The van der Waals surface area contributed by atoms with Crippen molar-refractivity contribution in [3.05, 3.63) is 89.1 Å². The van der Waals surface area contributed by atoms with E-state index in [2.05, 4.69) is 4.98 Å². The van der Waals surface area contributed by atoms with E-state index in [4.69, 9.17) is 16.7 Å². The van der Waals surface area contributed by atoms with Crippen molar-refractivity contribution in [2.75, 3.05) is 0 Å². The highest BCUT2D eigenvalue weighted by Crippen LogP contribution is 2.36. The molecule has 0 fully saturated rings. The lowest BCUT2D eigenvalue weighted by Gasteiger charge is -2.09. The van der Waals surface area contributed by atoms with Crippen LogP contribution in [0.4, 0.5) is 13.2 Å².